The van der Waals surface area contributed by atoms with E-state index in [0.29, 0.717) is 25.4 Å². The molecule has 0 aromatic rings. The van der Waals surface area contributed by atoms with Crippen LogP contribution in [0.1, 0.15) is 38.5 Å². The summed E-state index contributed by atoms with van der Waals surface area (Å²) in [6, 6.07) is 0.109. The van der Waals surface area contributed by atoms with Crippen LogP contribution in [0.5, 0.6) is 0 Å². The lowest BCUT2D eigenvalue weighted by molar-refractivity contribution is -0.189. The van der Waals surface area contributed by atoms with E-state index in [2.05, 4.69) is 10.2 Å². The van der Waals surface area contributed by atoms with E-state index in [9.17, 15) is 13.2 Å². The molecule has 2 saturated heterocycles. The van der Waals surface area contributed by atoms with Crippen molar-refractivity contribution in [2.75, 3.05) is 26.2 Å². The zero-order valence-corrected chi connectivity index (χ0v) is 12.4. The van der Waals surface area contributed by atoms with E-state index in [-0.39, 0.29) is 12.5 Å². The Kier molecular flexibility index (Phi) is 4.76. The number of fused-ring (bicyclic) bond motifs is 1. The van der Waals surface area contributed by atoms with Crippen LogP contribution in [0, 0.1) is 5.92 Å². The Balaban J connectivity index is 1.49. The fourth-order valence-electron chi connectivity index (χ4n) is 4.06. The maximum atomic E-state index is 13.1. The Bertz CT molecular complexity index is 350. The van der Waals surface area contributed by atoms with E-state index in [1.54, 1.807) is 0 Å². The number of hydrogen-bond donors (Lipinski definition) is 1. The average molecular weight is 306 g/mol. The van der Waals surface area contributed by atoms with Crippen LogP contribution in [0.4, 0.5) is 13.2 Å². The van der Waals surface area contributed by atoms with Crippen LogP contribution < -0.4 is 5.32 Å². The second-order valence-electron chi connectivity index (χ2n) is 6.69. The van der Waals surface area contributed by atoms with E-state index in [1.165, 1.54) is 12.8 Å². The predicted molar refractivity (Wildman–Crippen MR) is 74.1 cm³/mol. The summed E-state index contributed by atoms with van der Waals surface area (Å²) in [6.07, 6.45) is 0.846. The van der Waals surface area contributed by atoms with Crippen molar-refractivity contribution in [3.8, 4) is 0 Å². The smallest absolute Gasteiger partial charge is 0.374 e. The molecule has 2 aliphatic heterocycles. The van der Waals surface area contributed by atoms with Gasteiger partial charge in [-0.15, -0.1) is 0 Å². The van der Waals surface area contributed by atoms with Crippen molar-refractivity contribution in [2.45, 2.75) is 62.9 Å². The van der Waals surface area contributed by atoms with Gasteiger partial charge in [0, 0.05) is 25.2 Å². The molecular weight excluding hydrogens is 281 g/mol. The van der Waals surface area contributed by atoms with Gasteiger partial charge in [0.1, 0.15) is 0 Å². The number of ether oxygens (including phenoxy) is 1. The van der Waals surface area contributed by atoms with Crippen LogP contribution in [-0.2, 0) is 4.74 Å². The van der Waals surface area contributed by atoms with Gasteiger partial charge in [0.15, 0.2) is 0 Å². The summed E-state index contributed by atoms with van der Waals surface area (Å²) < 4.78 is 45.0. The summed E-state index contributed by atoms with van der Waals surface area (Å²) in [6.45, 7) is 3.25. The molecule has 2 heterocycles. The number of halogens is 3. The summed E-state index contributed by atoms with van der Waals surface area (Å²) in [5.41, 5.74) is 0. The Morgan fingerprint density at radius 3 is 2.71 bits per heavy atom. The summed E-state index contributed by atoms with van der Waals surface area (Å²) in [5.74, 6) is -1.19. The topological polar surface area (TPSA) is 24.5 Å². The van der Waals surface area contributed by atoms with Gasteiger partial charge in [0.2, 0.25) is 0 Å². The van der Waals surface area contributed by atoms with Gasteiger partial charge in [-0.25, -0.2) is 0 Å². The van der Waals surface area contributed by atoms with Crippen LogP contribution in [0.2, 0.25) is 0 Å². The van der Waals surface area contributed by atoms with Gasteiger partial charge >= 0.3 is 6.18 Å². The third-order valence-electron chi connectivity index (χ3n) is 5.26. The second kappa shape index (κ2) is 6.42. The minimum atomic E-state index is -4.08. The number of nitrogens with zero attached hydrogens (tertiary/aromatic N) is 1. The highest BCUT2D eigenvalue weighted by Crippen LogP contribution is 2.37. The summed E-state index contributed by atoms with van der Waals surface area (Å²) in [4.78, 5) is 2.43. The largest absolute Gasteiger partial charge is 0.393 e. The van der Waals surface area contributed by atoms with Gasteiger partial charge in [-0.3, -0.25) is 4.90 Å². The molecule has 3 rings (SSSR count). The highest BCUT2D eigenvalue weighted by atomic mass is 19.4. The van der Waals surface area contributed by atoms with E-state index < -0.39 is 18.1 Å². The number of nitrogens with one attached hydrogen (secondary N) is 1. The van der Waals surface area contributed by atoms with Gasteiger partial charge in [-0.2, -0.15) is 13.2 Å². The fraction of sp³-hybridized carbons (Fsp3) is 1.00. The molecule has 0 aromatic carbocycles. The molecule has 3 nitrogen and oxygen atoms in total. The molecular formula is C15H25F3N2O. The van der Waals surface area contributed by atoms with Gasteiger partial charge < -0.3 is 10.1 Å². The first kappa shape index (κ1) is 15.6. The third kappa shape index (κ3) is 3.71. The number of rotatable bonds is 3. The second-order valence-corrected chi connectivity index (χ2v) is 6.69. The van der Waals surface area contributed by atoms with Crippen molar-refractivity contribution in [1.29, 1.82) is 0 Å². The molecule has 1 N–H and O–H groups in total. The maximum Gasteiger partial charge on any atom is 0.393 e. The molecule has 4 unspecified atom stereocenters. The summed E-state index contributed by atoms with van der Waals surface area (Å²) in [7, 11) is 0. The average Bonchev–Trinajstić information content (AvgIpc) is 2.92. The quantitative estimate of drug-likeness (QED) is 0.867. The Labute approximate surface area is 124 Å². The van der Waals surface area contributed by atoms with E-state index in [0.717, 1.165) is 26.1 Å². The van der Waals surface area contributed by atoms with Gasteiger partial charge in [0.25, 0.3) is 0 Å². The molecule has 122 valence electrons. The summed E-state index contributed by atoms with van der Waals surface area (Å²) in [5, 5.41) is 3.16. The lowest BCUT2D eigenvalue weighted by Crippen LogP contribution is -2.53. The van der Waals surface area contributed by atoms with Gasteiger partial charge in [-0.05, 0) is 32.2 Å². The molecule has 0 bridgehead atoms. The summed E-state index contributed by atoms with van der Waals surface area (Å²) >= 11 is 0. The molecule has 1 aliphatic carbocycles. The minimum absolute atomic E-state index is 0.0372. The number of hydrogen-bond acceptors (Lipinski definition) is 3. The molecule has 1 saturated carbocycles. The molecule has 3 aliphatic rings. The highest BCUT2D eigenvalue weighted by Gasteiger charge is 2.45. The normalized spacial score (nSPS) is 38.4. The molecule has 3 fully saturated rings. The lowest BCUT2D eigenvalue weighted by Gasteiger charge is -2.38. The minimum Gasteiger partial charge on any atom is -0.374 e. The highest BCUT2D eigenvalue weighted by molar-refractivity contribution is 4.89. The molecule has 0 aromatic heterocycles. The standard InChI is InChI=1S/C15H25F3N2O/c16-15(17,18)13-5-1-2-6-14(13)19-8-12-9-20-7-3-4-11(20)10-21-12/h11-14,19H,1-10H2. The molecule has 6 heteroatoms. The molecule has 0 radical (unpaired) electrons. The van der Waals surface area contributed by atoms with Crippen LogP contribution in [0.25, 0.3) is 0 Å². The number of morpholine rings is 1. The van der Waals surface area contributed by atoms with Gasteiger partial charge in [0.05, 0.1) is 18.6 Å². The van der Waals surface area contributed by atoms with E-state index >= 15 is 0 Å². The van der Waals surface area contributed by atoms with E-state index in [4.69, 9.17) is 4.74 Å². The Morgan fingerprint density at radius 2 is 1.90 bits per heavy atom. The lowest BCUT2D eigenvalue weighted by atomic mass is 9.84. The molecule has 0 amide bonds. The number of alkyl halides is 3. The van der Waals surface area contributed by atoms with Crippen molar-refractivity contribution >= 4 is 0 Å². The first-order valence-electron chi connectivity index (χ1n) is 8.20. The van der Waals surface area contributed by atoms with Crippen LogP contribution in [-0.4, -0.2) is 55.5 Å². The molecule has 4 atom stereocenters. The Morgan fingerprint density at radius 1 is 1.10 bits per heavy atom. The van der Waals surface area contributed by atoms with Crippen molar-refractivity contribution in [1.82, 2.24) is 10.2 Å². The fourth-order valence-corrected chi connectivity index (χ4v) is 4.06. The predicted octanol–water partition coefficient (Wildman–Crippen LogP) is 2.56. The van der Waals surface area contributed by atoms with Crippen molar-refractivity contribution < 1.29 is 17.9 Å². The monoisotopic (exact) mass is 306 g/mol. The Hall–Kier alpha value is -0.330. The first-order valence-corrected chi connectivity index (χ1v) is 8.20. The molecule has 0 spiro atoms. The molecule has 21 heavy (non-hydrogen) atoms. The van der Waals surface area contributed by atoms with Crippen LogP contribution in [0.15, 0.2) is 0 Å². The van der Waals surface area contributed by atoms with Crippen LogP contribution in [0.3, 0.4) is 0 Å². The SMILES string of the molecule is FC(F)(F)C1CCCCC1NCC1CN2CCCC2CO1. The van der Waals surface area contributed by atoms with Gasteiger partial charge in [-0.1, -0.05) is 12.8 Å². The van der Waals surface area contributed by atoms with Crippen LogP contribution >= 0.6 is 0 Å². The van der Waals surface area contributed by atoms with Crippen molar-refractivity contribution in [2.24, 2.45) is 5.92 Å². The first-order chi connectivity index (χ1) is 10.0. The zero-order valence-electron chi connectivity index (χ0n) is 12.4. The van der Waals surface area contributed by atoms with E-state index in [1.807, 2.05) is 0 Å². The van der Waals surface area contributed by atoms with Crippen molar-refractivity contribution in [3.05, 3.63) is 0 Å². The zero-order chi connectivity index (χ0) is 14.9. The third-order valence-corrected chi connectivity index (χ3v) is 5.26. The maximum absolute atomic E-state index is 13.1. The van der Waals surface area contributed by atoms with Crippen molar-refractivity contribution in [3.63, 3.8) is 0 Å².